The molecule has 4 rings (SSSR count). The first kappa shape index (κ1) is 17.3. The average Bonchev–Trinajstić information content (AvgIpc) is 3.07. The monoisotopic (exact) mass is 429 g/mol. The second-order valence-electron chi connectivity index (χ2n) is 6.40. The van der Waals surface area contributed by atoms with Crippen molar-refractivity contribution in [1.82, 2.24) is 15.1 Å². The van der Waals surface area contributed by atoms with Crippen molar-refractivity contribution in [2.75, 3.05) is 6.54 Å². The number of hydrogen-bond donors (Lipinski definition) is 1. The van der Waals surface area contributed by atoms with Crippen LogP contribution >= 0.6 is 27.5 Å². The third kappa shape index (κ3) is 3.55. The number of benzene rings is 2. The van der Waals surface area contributed by atoms with E-state index in [1.165, 1.54) is 0 Å². The molecule has 0 fully saturated rings. The number of fused-ring (bicyclic) bond motifs is 1. The Morgan fingerprint density at radius 1 is 1.15 bits per heavy atom. The summed E-state index contributed by atoms with van der Waals surface area (Å²) in [5, 5.41) is 8.30. The fraction of sp³-hybridized carbons (Fsp3) is 0.200. The Morgan fingerprint density at radius 3 is 2.62 bits per heavy atom. The molecule has 1 N–H and O–H groups in total. The van der Waals surface area contributed by atoms with E-state index in [1.54, 1.807) is 0 Å². The molecule has 6 heteroatoms. The molecule has 0 bridgehead atoms. The molecule has 4 nitrogen and oxygen atoms in total. The average molecular weight is 431 g/mol. The number of halogens is 2. The van der Waals surface area contributed by atoms with Gasteiger partial charge in [0.1, 0.15) is 0 Å². The van der Waals surface area contributed by atoms with Gasteiger partial charge in [-0.3, -0.25) is 9.89 Å². The van der Waals surface area contributed by atoms with E-state index in [1.807, 2.05) is 53.4 Å². The van der Waals surface area contributed by atoms with Crippen LogP contribution in [-0.4, -0.2) is 27.5 Å². The van der Waals surface area contributed by atoms with Crippen molar-refractivity contribution < 1.29 is 4.79 Å². The van der Waals surface area contributed by atoms with E-state index in [4.69, 9.17) is 11.6 Å². The van der Waals surface area contributed by atoms with Crippen molar-refractivity contribution >= 4 is 33.4 Å². The normalized spacial score (nSPS) is 13.5. The Balaban J connectivity index is 1.53. The molecule has 1 aromatic heterocycles. The van der Waals surface area contributed by atoms with Gasteiger partial charge in [-0.1, -0.05) is 51.8 Å². The summed E-state index contributed by atoms with van der Waals surface area (Å²) in [6.07, 6.45) is 1.21. The van der Waals surface area contributed by atoms with Gasteiger partial charge in [0.15, 0.2) is 0 Å². The molecule has 0 unspecified atom stereocenters. The minimum absolute atomic E-state index is 0.140. The predicted molar refractivity (Wildman–Crippen MR) is 106 cm³/mol. The van der Waals surface area contributed by atoms with Crippen LogP contribution in [0.2, 0.25) is 5.02 Å². The van der Waals surface area contributed by atoms with Crippen molar-refractivity contribution in [3.8, 4) is 11.3 Å². The van der Waals surface area contributed by atoms with E-state index < -0.39 is 0 Å². The maximum absolute atomic E-state index is 12.7. The molecule has 2 aromatic carbocycles. The predicted octanol–water partition coefficient (Wildman–Crippen LogP) is 4.62. The number of rotatable bonds is 3. The smallest absolute Gasteiger partial charge is 0.227 e. The number of carbonyl (C=O) groups excluding carboxylic acids is 1. The van der Waals surface area contributed by atoms with Crippen LogP contribution < -0.4 is 0 Å². The third-order valence-corrected chi connectivity index (χ3v) is 5.45. The van der Waals surface area contributed by atoms with Crippen LogP contribution in [-0.2, 0) is 24.2 Å². The van der Waals surface area contributed by atoms with Gasteiger partial charge in [0.2, 0.25) is 5.91 Å². The Morgan fingerprint density at radius 2 is 1.88 bits per heavy atom. The summed E-state index contributed by atoms with van der Waals surface area (Å²) < 4.78 is 1.02. The van der Waals surface area contributed by atoms with Crippen LogP contribution in [0.3, 0.4) is 0 Å². The summed E-state index contributed by atoms with van der Waals surface area (Å²) in [6, 6.07) is 15.5. The van der Waals surface area contributed by atoms with Crippen LogP contribution in [0.25, 0.3) is 11.3 Å². The van der Waals surface area contributed by atoms with Crippen molar-refractivity contribution in [3.05, 3.63) is 74.8 Å². The van der Waals surface area contributed by atoms with Crippen molar-refractivity contribution in [2.24, 2.45) is 0 Å². The number of carbonyl (C=O) groups is 1. The van der Waals surface area contributed by atoms with E-state index in [2.05, 4.69) is 26.1 Å². The molecule has 0 aliphatic carbocycles. The fourth-order valence-corrected chi connectivity index (χ4v) is 3.63. The van der Waals surface area contributed by atoms with Crippen molar-refractivity contribution in [2.45, 2.75) is 19.4 Å². The van der Waals surface area contributed by atoms with Gasteiger partial charge in [-0.25, -0.2) is 0 Å². The fourth-order valence-electron chi connectivity index (χ4n) is 3.24. The zero-order chi connectivity index (χ0) is 18.1. The van der Waals surface area contributed by atoms with E-state index in [-0.39, 0.29) is 5.91 Å². The Bertz CT molecular complexity index is 935. The molecular weight excluding hydrogens is 414 g/mol. The molecule has 1 aliphatic heterocycles. The highest BCUT2D eigenvalue weighted by Gasteiger charge is 2.25. The molecule has 1 amide bonds. The Hall–Kier alpha value is -2.11. The van der Waals surface area contributed by atoms with Crippen LogP contribution in [0, 0.1) is 0 Å². The number of nitrogens with zero attached hydrogens (tertiary/aromatic N) is 2. The number of nitrogens with one attached hydrogen (secondary N) is 1. The number of hydrogen-bond acceptors (Lipinski definition) is 2. The summed E-state index contributed by atoms with van der Waals surface area (Å²) in [6.45, 7) is 1.30. The number of aromatic amines is 1. The maximum Gasteiger partial charge on any atom is 0.227 e. The van der Waals surface area contributed by atoms with Gasteiger partial charge < -0.3 is 4.90 Å². The largest absolute Gasteiger partial charge is 0.338 e. The van der Waals surface area contributed by atoms with Crippen LogP contribution in [0.4, 0.5) is 0 Å². The summed E-state index contributed by atoms with van der Waals surface area (Å²) in [5.41, 5.74) is 5.14. The van der Waals surface area contributed by atoms with E-state index in [0.717, 1.165) is 39.0 Å². The molecule has 2 heterocycles. The minimum Gasteiger partial charge on any atom is -0.338 e. The van der Waals surface area contributed by atoms with Gasteiger partial charge in [0.05, 0.1) is 12.1 Å². The maximum atomic E-state index is 12.7. The van der Waals surface area contributed by atoms with Gasteiger partial charge in [0, 0.05) is 45.8 Å². The van der Waals surface area contributed by atoms with Gasteiger partial charge >= 0.3 is 0 Å². The van der Waals surface area contributed by atoms with Crippen LogP contribution in [0.1, 0.15) is 16.8 Å². The van der Waals surface area contributed by atoms with Crippen LogP contribution in [0.5, 0.6) is 0 Å². The molecule has 1 aliphatic rings. The zero-order valence-electron chi connectivity index (χ0n) is 14.0. The lowest BCUT2D eigenvalue weighted by Gasteiger charge is -2.27. The molecule has 132 valence electrons. The second-order valence-corrected chi connectivity index (χ2v) is 7.76. The van der Waals surface area contributed by atoms with Crippen molar-refractivity contribution in [1.29, 1.82) is 0 Å². The number of aromatic nitrogens is 2. The van der Waals surface area contributed by atoms with E-state index >= 15 is 0 Å². The number of H-pyrrole nitrogens is 1. The van der Waals surface area contributed by atoms with Crippen molar-refractivity contribution in [3.63, 3.8) is 0 Å². The quantitative estimate of drug-likeness (QED) is 0.659. The van der Waals surface area contributed by atoms with Gasteiger partial charge in [-0.05, 0) is 29.8 Å². The van der Waals surface area contributed by atoms with Crippen LogP contribution in [0.15, 0.2) is 53.0 Å². The Kier molecular flexibility index (Phi) is 4.83. The summed E-state index contributed by atoms with van der Waals surface area (Å²) in [7, 11) is 0. The second kappa shape index (κ2) is 7.25. The third-order valence-electron chi connectivity index (χ3n) is 4.67. The Labute approximate surface area is 165 Å². The summed E-state index contributed by atoms with van der Waals surface area (Å²) >= 11 is 9.41. The highest BCUT2D eigenvalue weighted by Crippen LogP contribution is 2.29. The van der Waals surface area contributed by atoms with Gasteiger partial charge in [0.25, 0.3) is 0 Å². The lowest BCUT2D eigenvalue weighted by Crippen LogP contribution is -2.36. The molecule has 0 saturated heterocycles. The molecule has 0 atom stereocenters. The topological polar surface area (TPSA) is 49.0 Å². The first-order valence-electron chi connectivity index (χ1n) is 8.44. The molecule has 3 aromatic rings. The molecule has 26 heavy (non-hydrogen) atoms. The van der Waals surface area contributed by atoms with Gasteiger partial charge in [-0.15, -0.1) is 0 Å². The van der Waals surface area contributed by atoms with E-state index in [9.17, 15) is 4.79 Å². The molecular formula is C20H17BrClN3O. The first-order chi connectivity index (χ1) is 12.6. The molecule has 0 saturated carbocycles. The summed E-state index contributed by atoms with van der Waals surface area (Å²) in [5.74, 6) is 0.140. The highest BCUT2D eigenvalue weighted by molar-refractivity contribution is 9.10. The number of amides is 1. The lowest BCUT2D eigenvalue weighted by molar-refractivity contribution is -0.131. The van der Waals surface area contributed by atoms with E-state index in [0.29, 0.717) is 24.5 Å². The standard InChI is InChI=1S/C20H17BrClN3O/c21-15-5-1-13(2-6-15)11-19(26)25-10-9-18-17(12-25)20(24-23-18)14-3-7-16(22)8-4-14/h1-8H,9-12H2,(H,23,24). The summed E-state index contributed by atoms with van der Waals surface area (Å²) in [4.78, 5) is 14.7. The molecule has 0 spiro atoms. The highest BCUT2D eigenvalue weighted by atomic mass is 79.9. The van der Waals surface area contributed by atoms with Gasteiger partial charge in [-0.2, -0.15) is 5.10 Å². The molecule has 0 radical (unpaired) electrons. The lowest BCUT2D eigenvalue weighted by atomic mass is 10.0. The first-order valence-corrected chi connectivity index (χ1v) is 9.61. The SMILES string of the molecule is O=C(Cc1ccc(Br)cc1)N1CCc2[nH]nc(-c3ccc(Cl)cc3)c2C1. The minimum atomic E-state index is 0.140. The zero-order valence-corrected chi connectivity index (χ0v) is 16.3.